The fourth-order valence-electron chi connectivity index (χ4n) is 3.00. The SMILES string of the molecule is CC(CN1CC1)OC(=O)NCCCCCCNC(=O)OC(C)CN1CC1C. The summed E-state index contributed by atoms with van der Waals surface area (Å²) < 4.78 is 10.6. The molecule has 2 rings (SSSR count). The number of hydrogen-bond acceptors (Lipinski definition) is 6. The van der Waals surface area contributed by atoms with Crippen molar-refractivity contribution >= 4 is 12.2 Å². The normalized spacial score (nSPS) is 23.2. The monoisotopic (exact) mass is 384 g/mol. The first-order valence-electron chi connectivity index (χ1n) is 10.3. The molecule has 0 aromatic heterocycles. The summed E-state index contributed by atoms with van der Waals surface area (Å²) in [4.78, 5) is 27.8. The van der Waals surface area contributed by atoms with Gasteiger partial charge in [0.15, 0.2) is 0 Å². The molecule has 0 aliphatic carbocycles. The summed E-state index contributed by atoms with van der Waals surface area (Å²) in [6, 6.07) is 0.625. The zero-order valence-electron chi connectivity index (χ0n) is 17.0. The summed E-state index contributed by atoms with van der Waals surface area (Å²) in [6.07, 6.45) is 3.01. The van der Waals surface area contributed by atoms with Crippen molar-refractivity contribution in [3.8, 4) is 0 Å². The van der Waals surface area contributed by atoms with Gasteiger partial charge in [-0.1, -0.05) is 12.8 Å². The van der Waals surface area contributed by atoms with Gasteiger partial charge in [0.2, 0.25) is 0 Å². The number of nitrogens with zero attached hydrogens (tertiary/aromatic N) is 2. The third kappa shape index (κ3) is 10.4. The van der Waals surface area contributed by atoms with Crippen LogP contribution in [0.1, 0.15) is 46.5 Å². The molecular formula is C19H36N4O4. The highest BCUT2D eigenvalue weighted by Gasteiger charge is 2.30. The maximum atomic E-state index is 11.7. The molecule has 2 amide bonds. The third-order valence-corrected chi connectivity index (χ3v) is 4.79. The number of rotatable bonds is 13. The summed E-state index contributed by atoms with van der Waals surface area (Å²) >= 11 is 0. The van der Waals surface area contributed by atoms with Gasteiger partial charge in [-0.3, -0.25) is 9.80 Å². The molecule has 2 N–H and O–H groups in total. The number of hydrogen-bond donors (Lipinski definition) is 2. The second-order valence-corrected chi connectivity index (χ2v) is 7.80. The minimum Gasteiger partial charge on any atom is -0.445 e. The molecule has 8 nitrogen and oxygen atoms in total. The summed E-state index contributed by atoms with van der Waals surface area (Å²) in [5.41, 5.74) is 0. The predicted octanol–water partition coefficient (Wildman–Crippen LogP) is 1.80. The molecule has 0 spiro atoms. The zero-order chi connectivity index (χ0) is 19.6. The standard InChI is InChI=1S/C19H36N4O4/c1-15-12-23(15)14-17(3)27-19(25)21-9-7-5-4-6-8-20-18(24)26-16(2)13-22-10-11-22/h15-17H,4-14H2,1-3H3,(H,20,24)(H,21,25). The highest BCUT2D eigenvalue weighted by Crippen LogP contribution is 2.16. The molecule has 2 aliphatic heterocycles. The van der Waals surface area contributed by atoms with Gasteiger partial charge in [-0.2, -0.15) is 0 Å². The first-order chi connectivity index (χ1) is 12.9. The highest BCUT2D eigenvalue weighted by molar-refractivity contribution is 5.67. The molecule has 2 saturated heterocycles. The first-order valence-corrected chi connectivity index (χ1v) is 10.3. The predicted molar refractivity (Wildman–Crippen MR) is 104 cm³/mol. The lowest BCUT2D eigenvalue weighted by Crippen LogP contribution is -2.32. The minimum absolute atomic E-state index is 0.0640. The minimum atomic E-state index is -0.335. The van der Waals surface area contributed by atoms with Crippen molar-refractivity contribution in [1.29, 1.82) is 0 Å². The van der Waals surface area contributed by atoms with Gasteiger partial charge >= 0.3 is 12.2 Å². The Hall–Kier alpha value is -1.54. The third-order valence-electron chi connectivity index (χ3n) is 4.79. The molecule has 4 atom stereocenters. The number of carbonyl (C=O) groups is 2. The summed E-state index contributed by atoms with van der Waals surface area (Å²) in [7, 11) is 0. The van der Waals surface area contributed by atoms with Crippen molar-refractivity contribution in [3.63, 3.8) is 0 Å². The lowest BCUT2D eigenvalue weighted by molar-refractivity contribution is 0.0965. The van der Waals surface area contributed by atoms with Crippen LogP contribution in [-0.2, 0) is 9.47 Å². The molecule has 27 heavy (non-hydrogen) atoms. The van der Waals surface area contributed by atoms with Crippen LogP contribution in [0.25, 0.3) is 0 Å². The van der Waals surface area contributed by atoms with Gasteiger partial charge in [0.1, 0.15) is 12.2 Å². The van der Waals surface area contributed by atoms with E-state index in [1.807, 2.05) is 13.8 Å². The van der Waals surface area contributed by atoms with Gasteiger partial charge in [0.25, 0.3) is 0 Å². The van der Waals surface area contributed by atoms with Gasteiger partial charge in [0, 0.05) is 51.9 Å². The van der Waals surface area contributed by atoms with Crippen LogP contribution >= 0.6 is 0 Å². The number of unbranched alkanes of at least 4 members (excludes halogenated alkanes) is 3. The summed E-state index contributed by atoms with van der Waals surface area (Å²) in [5.74, 6) is 0. The van der Waals surface area contributed by atoms with Crippen LogP contribution in [0, 0.1) is 0 Å². The van der Waals surface area contributed by atoms with E-state index in [9.17, 15) is 9.59 Å². The quantitative estimate of drug-likeness (QED) is 0.372. The van der Waals surface area contributed by atoms with Crippen LogP contribution in [-0.4, -0.2) is 86.0 Å². The average molecular weight is 385 g/mol. The molecular weight excluding hydrogens is 348 g/mol. The fraction of sp³-hybridized carbons (Fsp3) is 0.895. The lowest BCUT2D eigenvalue weighted by Gasteiger charge is -2.14. The van der Waals surface area contributed by atoms with E-state index in [4.69, 9.17) is 9.47 Å². The van der Waals surface area contributed by atoms with Crippen LogP contribution in [0.5, 0.6) is 0 Å². The van der Waals surface area contributed by atoms with E-state index in [0.29, 0.717) is 19.1 Å². The summed E-state index contributed by atoms with van der Waals surface area (Å²) in [6.45, 7) is 12.2. The Morgan fingerprint density at radius 1 is 0.926 bits per heavy atom. The van der Waals surface area contributed by atoms with E-state index < -0.39 is 0 Å². The number of nitrogens with one attached hydrogen (secondary N) is 2. The van der Waals surface area contributed by atoms with Crippen molar-refractivity contribution in [2.75, 3.05) is 45.8 Å². The fourth-order valence-corrected chi connectivity index (χ4v) is 3.00. The molecule has 2 aliphatic rings. The van der Waals surface area contributed by atoms with E-state index in [0.717, 1.165) is 58.4 Å². The number of amides is 2. The molecule has 0 bridgehead atoms. The Balaban J connectivity index is 1.34. The van der Waals surface area contributed by atoms with Gasteiger partial charge in [-0.05, 0) is 33.6 Å². The largest absolute Gasteiger partial charge is 0.445 e. The van der Waals surface area contributed by atoms with Crippen LogP contribution in [0.4, 0.5) is 9.59 Å². The molecule has 0 aromatic carbocycles. The van der Waals surface area contributed by atoms with Crippen molar-refractivity contribution in [2.45, 2.75) is 64.7 Å². The Kier molecular flexibility index (Phi) is 9.14. The van der Waals surface area contributed by atoms with Crippen LogP contribution in [0.15, 0.2) is 0 Å². The van der Waals surface area contributed by atoms with Crippen LogP contribution in [0.2, 0.25) is 0 Å². The maximum absolute atomic E-state index is 11.7. The molecule has 8 heteroatoms. The maximum Gasteiger partial charge on any atom is 0.407 e. The second kappa shape index (κ2) is 11.3. The number of carbonyl (C=O) groups excluding carboxylic acids is 2. The van der Waals surface area contributed by atoms with E-state index in [1.54, 1.807) is 0 Å². The summed E-state index contributed by atoms with van der Waals surface area (Å²) in [5, 5.41) is 5.58. The molecule has 4 unspecified atom stereocenters. The molecule has 0 saturated carbocycles. The Labute approximate surface area is 162 Å². The van der Waals surface area contributed by atoms with Gasteiger partial charge < -0.3 is 20.1 Å². The highest BCUT2D eigenvalue weighted by atomic mass is 16.6. The molecule has 0 radical (unpaired) electrons. The van der Waals surface area contributed by atoms with Gasteiger partial charge in [-0.15, -0.1) is 0 Å². The Morgan fingerprint density at radius 2 is 1.41 bits per heavy atom. The Morgan fingerprint density at radius 3 is 1.85 bits per heavy atom. The molecule has 156 valence electrons. The van der Waals surface area contributed by atoms with Crippen molar-refractivity contribution in [3.05, 3.63) is 0 Å². The van der Waals surface area contributed by atoms with E-state index in [-0.39, 0.29) is 24.4 Å². The van der Waals surface area contributed by atoms with E-state index in [1.165, 1.54) is 0 Å². The molecule has 0 aromatic rings. The second-order valence-electron chi connectivity index (χ2n) is 7.80. The van der Waals surface area contributed by atoms with Crippen molar-refractivity contribution in [2.24, 2.45) is 0 Å². The zero-order valence-corrected chi connectivity index (χ0v) is 17.0. The number of alkyl carbamates (subject to hydrolysis) is 2. The molecule has 2 heterocycles. The first kappa shape index (κ1) is 21.8. The number of ether oxygens (including phenoxy) is 2. The topological polar surface area (TPSA) is 82.7 Å². The Bertz CT molecular complexity index is 473. The van der Waals surface area contributed by atoms with Gasteiger partial charge in [-0.25, -0.2) is 9.59 Å². The average Bonchev–Trinajstić information content (AvgIpc) is 3.50. The van der Waals surface area contributed by atoms with Crippen molar-refractivity contribution in [1.82, 2.24) is 20.4 Å². The van der Waals surface area contributed by atoms with E-state index in [2.05, 4.69) is 27.4 Å². The van der Waals surface area contributed by atoms with Crippen LogP contribution < -0.4 is 10.6 Å². The van der Waals surface area contributed by atoms with Crippen LogP contribution in [0.3, 0.4) is 0 Å². The van der Waals surface area contributed by atoms with Crippen molar-refractivity contribution < 1.29 is 19.1 Å². The lowest BCUT2D eigenvalue weighted by atomic mass is 10.2. The van der Waals surface area contributed by atoms with E-state index >= 15 is 0 Å². The molecule has 2 fully saturated rings. The smallest absolute Gasteiger partial charge is 0.407 e. The van der Waals surface area contributed by atoms with Gasteiger partial charge in [0.05, 0.1) is 0 Å².